The van der Waals surface area contributed by atoms with Crippen molar-refractivity contribution >= 4 is 6.29 Å². The van der Waals surface area contributed by atoms with E-state index in [0.29, 0.717) is 35.9 Å². The van der Waals surface area contributed by atoms with Crippen molar-refractivity contribution in [3.8, 4) is 5.75 Å². The molecule has 0 saturated heterocycles. The Labute approximate surface area is 154 Å². The molecule has 2 unspecified atom stereocenters. The smallest absolute Gasteiger partial charge is 0.172 e. The molecule has 138 valence electrons. The number of carbonyl (C=O) groups is 1. The highest BCUT2D eigenvalue weighted by Gasteiger charge is 2.31. The standard InChI is InChI=1S/C21H27N3O2/c25-14-19-21(10-5-12-22-19)26-15-16-6-1-4-9-18(16)20-11-13-23-24(20)17-7-2-3-8-17/h5,10-14,16-18H,1-4,6-9,15H2. The molecule has 5 nitrogen and oxygen atoms in total. The predicted octanol–water partition coefficient (Wildman–Crippen LogP) is 4.56. The van der Waals surface area contributed by atoms with Crippen LogP contribution in [-0.4, -0.2) is 27.7 Å². The minimum Gasteiger partial charge on any atom is -0.491 e. The van der Waals surface area contributed by atoms with Crippen LogP contribution >= 0.6 is 0 Å². The molecule has 0 aliphatic heterocycles. The van der Waals surface area contributed by atoms with Gasteiger partial charge in [0.1, 0.15) is 11.4 Å². The molecule has 2 fully saturated rings. The zero-order valence-corrected chi connectivity index (χ0v) is 15.2. The Balaban J connectivity index is 1.50. The van der Waals surface area contributed by atoms with Gasteiger partial charge in [0, 0.05) is 29.9 Å². The van der Waals surface area contributed by atoms with Gasteiger partial charge < -0.3 is 4.74 Å². The molecule has 5 heteroatoms. The minimum absolute atomic E-state index is 0.385. The molecule has 2 atom stereocenters. The number of rotatable bonds is 6. The molecular weight excluding hydrogens is 326 g/mol. The van der Waals surface area contributed by atoms with Crippen molar-refractivity contribution < 1.29 is 9.53 Å². The fraction of sp³-hybridized carbons (Fsp3) is 0.571. The maximum atomic E-state index is 11.2. The first-order valence-electron chi connectivity index (χ1n) is 9.93. The van der Waals surface area contributed by atoms with Crippen molar-refractivity contribution in [3.05, 3.63) is 42.0 Å². The largest absolute Gasteiger partial charge is 0.491 e. The molecule has 0 aromatic carbocycles. The van der Waals surface area contributed by atoms with Crippen molar-refractivity contribution in [2.24, 2.45) is 5.92 Å². The molecule has 0 amide bonds. The molecule has 2 aliphatic carbocycles. The molecular formula is C21H27N3O2. The van der Waals surface area contributed by atoms with Crippen LogP contribution in [0.25, 0.3) is 0 Å². The number of hydrogen-bond acceptors (Lipinski definition) is 4. The van der Waals surface area contributed by atoms with Crippen molar-refractivity contribution in [1.82, 2.24) is 14.8 Å². The van der Waals surface area contributed by atoms with E-state index >= 15 is 0 Å². The molecule has 2 saturated carbocycles. The molecule has 2 aromatic rings. The van der Waals surface area contributed by atoms with Crippen molar-refractivity contribution in [1.29, 1.82) is 0 Å². The van der Waals surface area contributed by atoms with E-state index in [4.69, 9.17) is 4.74 Å². The second-order valence-electron chi connectivity index (χ2n) is 7.61. The Bertz CT molecular complexity index is 736. The fourth-order valence-electron chi connectivity index (χ4n) is 4.68. The molecule has 0 N–H and O–H groups in total. The lowest BCUT2D eigenvalue weighted by Gasteiger charge is -2.32. The van der Waals surface area contributed by atoms with E-state index in [1.807, 2.05) is 18.3 Å². The topological polar surface area (TPSA) is 57.0 Å². The second-order valence-corrected chi connectivity index (χ2v) is 7.61. The Hall–Kier alpha value is -2.17. The Morgan fingerprint density at radius 1 is 1.08 bits per heavy atom. The SMILES string of the molecule is O=Cc1ncccc1OCC1CCCCC1c1ccnn1C1CCCC1. The Morgan fingerprint density at radius 3 is 2.73 bits per heavy atom. The van der Waals surface area contributed by atoms with Crippen LogP contribution in [-0.2, 0) is 0 Å². The lowest BCUT2D eigenvalue weighted by atomic mass is 9.77. The van der Waals surface area contributed by atoms with Gasteiger partial charge in [0.05, 0.1) is 12.6 Å². The van der Waals surface area contributed by atoms with E-state index in [0.717, 1.165) is 12.7 Å². The maximum Gasteiger partial charge on any atom is 0.172 e. The zero-order chi connectivity index (χ0) is 17.8. The molecule has 2 aliphatic rings. The van der Waals surface area contributed by atoms with Crippen LogP contribution in [0.4, 0.5) is 0 Å². The van der Waals surface area contributed by atoms with E-state index in [-0.39, 0.29) is 0 Å². The number of pyridine rings is 1. The van der Waals surface area contributed by atoms with E-state index in [1.165, 1.54) is 50.6 Å². The average Bonchev–Trinajstić information content (AvgIpc) is 3.38. The average molecular weight is 353 g/mol. The molecule has 26 heavy (non-hydrogen) atoms. The van der Waals surface area contributed by atoms with E-state index in [1.54, 1.807) is 6.20 Å². The summed E-state index contributed by atoms with van der Waals surface area (Å²) >= 11 is 0. The number of carbonyl (C=O) groups excluding carboxylic acids is 1. The fourth-order valence-corrected chi connectivity index (χ4v) is 4.68. The lowest BCUT2D eigenvalue weighted by Crippen LogP contribution is -2.27. The number of aromatic nitrogens is 3. The van der Waals surface area contributed by atoms with Crippen LogP contribution in [0, 0.1) is 5.92 Å². The summed E-state index contributed by atoms with van der Waals surface area (Å²) in [6, 6.07) is 6.43. The third kappa shape index (κ3) is 3.53. The highest BCUT2D eigenvalue weighted by Crippen LogP contribution is 2.40. The van der Waals surface area contributed by atoms with E-state index < -0.39 is 0 Å². The summed E-state index contributed by atoms with van der Waals surface area (Å²) in [6.07, 6.45) is 14.4. The predicted molar refractivity (Wildman–Crippen MR) is 99.6 cm³/mol. The molecule has 0 radical (unpaired) electrons. The molecule has 0 bridgehead atoms. The minimum atomic E-state index is 0.385. The lowest BCUT2D eigenvalue weighted by molar-refractivity contribution is 0.111. The van der Waals surface area contributed by atoms with Crippen LogP contribution in [0.1, 0.15) is 79.5 Å². The number of nitrogens with zero attached hydrogens (tertiary/aromatic N) is 3. The first kappa shape index (κ1) is 17.3. The van der Waals surface area contributed by atoms with Crippen molar-refractivity contribution in [2.45, 2.75) is 63.3 Å². The Morgan fingerprint density at radius 2 is 1.88 bits per heavy atom. The number of aldehydes is 1. The summed E-state index contributed by atoms with van der Waals surface area (Å²) in [5.74, 6) is 1.54. The van der Waals surface area contributed by atoms with Gasteiger partial charge in [-0.25, -0.2) is 4.98 Å². The zero-order valence-electron chi connectivity index (χ0n) is 15.2. The van der Waals surface area contributed by atoms with Gasteiger partial charge in [0.15, 0.2) is 6.29 Å². The summed E-state index contributed by atoms with van der Waals surface area (Å²) in [5, 5.41) is 4.67. The highest BCUT2D eigenvalue weighted by molar-refractivity contribution is 5.75. The summed E-state index contributed by atoms with van der Waals surface area (Å²) in [5.41, 5.74) is 1.77. The summed E-state index contributed by atoms with van der Waals surface area (Å²) in [7, 11) is 0. The van der Waals surface area contributed by atoms with Gasteiger partial charge in [0.25, 0.3) is 0 Å². The summed E-state index contributed by atoms with van der Waals surface area (Å²) in [4.78, 5) is 15.3. The molecule has 0 spiro atoms. The van der Waals surface area contributed by atoms with Gasteiger partial charge >= 0.3 is 0 Å². The third-order valence-corrected chi connectivity index (χ3v) is 6.02. The van der Waals surface area contributed by atoms with Crippen molar-refractivity contribution in [2.75, 3.05) is 6.61 Å². The van der Waals surface area contributed by atoms with Gasteiger partial charge in [-0.2, -0.15) is 5.10 Å². The van der Waals surface area contributed by atoms with Gasteiger partial charge in [-0.3, -0.25) is 9.48 Å². The van der Waals surface area contributed by atoms with Gasteiger partial charge in [-0.05, 0) is 43.9 Å². The first-order chi connectivity index (χ1) is 12.9. The van der Waals surface area contributed by atoms with E-state index in [9.17, 15) is 4.79 Å². The highest BCUT2D eigenvalue weighted by atomic mass is 16.5. The quantitative estimate of drug-likeness (QED) is 0.715. The summed E-state index contributed by atoms with van der Waals surface area (Å²) in [6.45, 7) is 0.632. The third-order valence-electron chi connectivity index (χ3n) is 6.02. The van der Waals surface area contributed by atoms with Crippen LogP contribution in [0.15, 0.2) is 30.6 Å². The molecule has 4 rings (SSSR count). The number of hydrogen-bond donors (Lipinski definition) is 0. The van der Waals surface area contributed by atoms with Crippen LogP contribution in [0.2, 0.25) is 0 Å². The second kappa shape index (κ2) is 8.02. The Kier molecular flexibility index (Phi) is 5.32. The van der Waals surface area contributed by atoms with Crippen LogP contribution in [0.5, 0.6) is 5.75 Å². The van der Waals surface area contributed by atoms with Crippen LogP contribution < -0.4 is 4.74 Å². The van der Waals surface area contributed by atoms with Crippen molar-refractivity contribution in [3.63, 3.8) is 0 Å². The van der Waals surface area contributed by atoms with Crippen LogP contribution in [0.3, 0.4) is 0 Å². The van der Waals surface area contributed by atoms with Gasteiger partial charge in [-0.1, -0.05) is 25.7 Å². The number of ether oxygens (including phenoxy) is 1. The first-order valence-corrected chi connectivity index (χ1v) is 9.93. The molecule has 2 heterocycles. The monoisotopic (exact) mass is 353 g/mol. The van der Waals surface area contributed by atoms with Gasteiger partial charge in [0.2, 0.25) is 0 Å². The normalized spacial score (nSPS) is 23.8. The van der Waals surface area contributed by atoms with Gasteiger partial charge in [-0.15, -0.1) is 0 Å². The maximum absolute atomic E-state index is 11.2. The molecule has 2 aromatic heterocycles. The summed E-state index contributed by atoms with van der Waals surface area (Å²) < 4.78 is 8.34. The van der Waals surface area contributed by atoms with E-state index in [2.05, 4.69) is 20.8 Å².